The van der Waals surface area contributed by atoms with Gasteiger partial charge in [-0.25, -0.2) is 4.79 Å². The van der Waals surface area contributed by atoms with E-state index in [4.69, 9.17) is 4.74 Å². The van der Waals surface area contributed by atoms with E-state index >= 15 is 0 Å². The Morgan fingerprint density at radius 1 is 1.35 bits per heavy atom. The van der Waals surface area contributed by atoms with Gasteiger partial charge in [0.1, 0.15) is 18.5 Å². The second-order valence-corrected chi connectivity index (χ2v) is 5.81. The van der Waals surface area contributed by atoms with Crippen LogP contribution < -0.4 is 4.74 Å². The Morgan fingerprint density at radius 2 is 2.09 bits per heavy atom. The lowest BCUT2D eigenvalue weighted by Gasteiger charge is -2.35. The Balaban J connectivity index is 1.79. The summed E-state index contributed by atoms with van der Waals surface area (Å²) in [4.78, 5) is 13.5. The van der Waals surface area contributed by atoms with E-state index in [1.54, 1.807) is 24.3 Å². The van der Waals surface area contributed by atoms with Gasteiger partial charge in [-0.15, -0.1) is 0 Å². The zero-order chi connectivity index (χ0) is 16.7. The predicted octanol–water partition coefficient (Wildman–Crippen LogP) is 1.06. The molecule has 0 amide bonds. The fourth-order valence-corrected chi connectivity index (χ4v) is 2.83. The van der Waals surface area contributed by atoms with Crippen LogP contribution in [0.25, 0.3) is 0 Å². The summed E-state index contributed by atoms with van der Waals surface area (Å²) in [6, 6.07) is 6.74. The number of piperidine rings is 1. The molecule has 0 aliphatic carbocycles. The molecule has 1 saturated heterocycles. The van der Waals surface area contributed by atoms with Crippen molar-refractivity contribution in [2.24, 2.45) is 0 Å². The highest BCUT2D eigenvalue weighted by Crippen LogP contribution is 2.17. The number of hydrogen-bond donors (Lipinski definition) is 2. The third-order valence-electron chi connectivity index (χ3n) is 4.12. The number of aliphatic hydroxyl groups is 2. The summed E-state index contributed by atoms with van der Waals surface area (Å²) < 4.78 is 10.2. The molecule has 2 N–H and O–H groups in total. The Bertz CT molecular complexity index is 490. The number of esters is 1. The van der Waals surface area contributed by atoms with Crippen LogP contribution in [0.4, 0.5) is 0 Å². The predicted molar refractivity (Wildman–Crippen MR) is 85.6 cm³/mol. The van der Waals surface area contributed by atoms with E-state index in [1.807, 2.05) is 0 Å². The van der Waals surface area contributed by atoms with Gasteiger partial charge in [0, 0.05) is 12.6 Å². The van der Waals surface area contributed by atoms with Crippen LogP contribution >= 0.6 is 0 Å². The molecule has 1 aromatic carbocycles. The molecule has 0 aromatic heterocycles. The van der Waals surface area contributed by atoms with Crippen molar-refractivity contribution in [1.29, 1.82) is 0 Å². The van der Waals surface area contributed by atoms with E-state index in [0.29, 0.717) is 17.9 Å². The standard InChI is InChI=1S/C17H25NO5/c1-22-17(21)13-5-7-16(8-6-13)23-12-15(20)10-18-9-3-2-4-14(18)11-19/h5-8,14-15,19-20H,2-4,9-12H2,1H3/t14-,15+/m1/s1. The third kappa shape index (κ3) is 5.20. The molecule has 0 saturated carbocycles. The van der Waals surface area contributed by atoms with Gasteiger partial charge in [-0.1, -0.05) is 6.42 Å². The van der Waals surface area contributed by atoms with Crippen molar-refractivity contribution in [2.75, 3.05) is 33.4 Å². The number of methoxy groups -OCH3 is 1. The smallest absolute Gasteiger partial charge is 0.337 e. The number of rotatable bonds is 7. The number of nitrogens with zero attached hydrogens (tertiary/aromatic N) is 1. The number of ether oxygens (including phenoxy) is 2. The van der Waals surface area contributed by atoms with Crippen molar-refractivity contribution in [1.82, 2.24) is 4.90 Å². The molecule has 0 radical (unpaired) electrons. The van der Waals surface area contributed by atoms with E-state index in [9.17, 15) is 15.0 Å². The van der Waals surface area contributed by atoms with Crippen molar-refractivity contribution in [2.45, 2.75) is 31.4 Å². The molecular weight excluding hydrogens is 298 g/mol. The average molecular weight is 323 g/mol. The van der Waals surface area contributed by atoms with Crippen LogP contribution in [0.2, 0.25) is 0 Å². The highest BCUT2D eigenvalue weighted by atomic mass is 16.5. The van der Waals surface area contributed by atoms with Gasteiger partial charge in [0.25, 0.3) is 0 Å². The molecule has 1 aliphatic rings. The number of benzene rings is 1. The number of aliphatic hydroxyl groups excluding tert-OH is 2. The second-order valence-electron chi connectivity index (χ2n) is 5.81. The summed E-state index contributed by atoms with van der Waals surface area (Å²) in [7, 11) is 1.34. The van der Waals surface area contributed by atoms with E-state index in [-0.39, 0.29) is 19.3 Å². The van der Waals surface area contributed by atoms with Crippen LogP contribution in [0.3, 0.4) is 0 Å². The fourth-order valence-electron chi connectivity index (χ4n) is 2.83. The lowest BCUT2D eigenvalue weighted by molar-refractivity contribution is 0.0232. The van der Waals surface area contributed by atoms with Crippen LogP contribution in [0.15, 0.2) is 24.3 Å². The number of carbonyl (C=O) groups excluding carboxylic acids is 1. The zero-order valence-corrected chi connectivity index (χ0v) is 13.5. The Labute approximate surface area is 136 Å². The molecule has 128 valence electrons. The lowest BCUT2D eigenvalue weighted by Crippen LogP contribution is -2.46. The quantitative estimate of drug-likeness (QED) is 0.731. The van der Waals surface area contributed by atoms with Gasteiger partial charge < -0.3 is 19.7 Å². The maximum Gasteiger partial charge on any atom is 0.337 e. The van der Waals surface area contributed by atoms with Gasteiger partial charge in [-0.05, 0) is 43.7 Å². The molecule has 0 bridgehead atoms. The molecule has 2 rings (SSSR count). The largest absolute Gasteiger partial charge is 0.491 e. The normalized spacial score (nSPS) is 20.0. The molecule has 2 atom stereocenters. The molecule has 0 unspecified atom stereocenters. The monoisotopic (exact) mass is 323 g/mol. The second kappa shape index (κ2) is 8.86. The van der Waals surface area contributed by atoms with Crippen LogP contribution in [-0.4, -0.2) is 66.6 Å². The summed E-state index contributed by atoms with van der Waals surface area (Å²) in [6.45, 7) is 1.69. The summed E-state index contributed by atoms with van der Waals surface area (Å²) in [5.41, 5.74) is 0.458. The highest BCUT2D eigenvalue weighted by molar-refractivity contribution is 5.89. The zero-order valence-electron chi connectivity index (χ0n) is 13.5. The van der Waals surface area contributed by atoms with Crippen molar-refractivity contribution in [3.8, 4) is 5.75 Å². The van der Waals surface area contributed by atoms with E-state index in [1.165, 1.54) is 7.11 Å². The highest BCUT2D eigenvalue weighted by Gasteiger charge is 2.23. The summed E-state index contributed by atoms with van der Waals surface area (Å²) >= 11 is 0. The minimum absolute atomic E-state index is 0.128. The maximum atomic E-state index is 11.3. The van der Waals surface area contributed by atoms with Crippen molar-refractivity contribution in [3.63, 3.8) is 0 Å². The molecule has 6 nitrogen and oxygen atoms in total. The topological polar surface area (TPSA) is 79.2 Å². The first-order chi connectivity index (χ1) is 11.1. The number of hydrogen-bond acceptors (Lipinski definition) is 6. The van der Waals surface area contributed by atoms with Crippen LogP contribution in [0, 0.1) is 0 Å². The first kappa shape index (κ1) is 17.7. The summed E-state index contributed by atoms with van der Waals surface area (Å²) in [5, 5.41) is 19.5. The van der Waals surface area contributed by atoms with Gasteiger partial charge >= 0.3 is 5.97 Å². The van der Waals surface area contributed by atoms with Crippen LogP contribution in [0.1, 0.15) is 29.6 Å². The molecule has 6 heteroatoms. The minimum Gasteiger partial charge on any atom is -0.491 e. The fraction of sp³-hybridized carbons (Fsp3) is 0.588. The van der Waals surface area contributed by atoms with E-state index < -0.39 is 12.1 Å². The SMILES string of the molecule is COC(=O)c1ccc(OC[C@@H](O)CN2CCCC[C@@H]2CO)cc1. The van der Waals surface area contributed by atoms with E-state index in [2.05, 4.69) is 9.64 Å². The molecule has 1 aromatic rings. The van der Waals surface area contributed by atoms with Gasteiger partial charge in [0.15, 0.2) is 0 Å². The Hall–Kier alpha value is -1.63. The molecule has 23 heavy (non-hydrogen) atoms. The van der Waals surface area contributed by atoms with Gasteiger partial charge in [0.2, 0.25) is 0 Å². The van der Waals surface area contributed by atoms with Crippen LogP contribution in [0.5, 0.6) is 5.75 Å². The van der Waals surface area contributed by atoms with Crippen molar-refractivity contribution < 1.29 is 24.5 Å². The number of carbonyl (C=O) groups is 1. The lowest BCUT2D eigenvalue weighted by atomic mass is 10.0. The molecule has 1 heterocycles. The molecule has 1 fully saturated rings. The molecule has 0 spiro atoms. The summed E-state index contributed by atoms with van der Waals surface area (Å²) in [6.07, 6.45) is 2.57. The Morgan fingerprint density at radius 3 is 2.74 bits per heavy atom. The van der Waals surface area contributed by atoms with E-state index in [0.717, 1.165) is 25.8 Å². The van der Waals surface area contributed by atoms with Gasteiger partial charge in [-0.3, -0.25) is 4.90 Å². The molecular formula is C17H25NO5. The van der Waals surface area contributed by atoms with Gasteiger partial charge in [0.05, 0.1) is 19.3 Å². The Kier molecular flexibility index (Phi) is 6.83. The van der Waals surface area contributed by atoms with Crippen molar-refractivity contribution >= 4 is 5.97 Å². The average Bonchev–Trinajstić information content (AvgIpc) is 2.60. The van der Waals surface area contributed by atoms with Crippen molar-refractivity contribution in [3.05, 3.63) is 29.8 Å². The van der Waals surface area contributed by atoms with Gasteiger partial charge in [-0.2, -0.15) is 0 Å². The third-order valence-corrected chi connectivity index (χ3v) is 4.12. The maximum absolute atomic E-state index is 11.3. The number of β-amino-alcohol motifs (C(OH)–C–C–N with tert-alkyl or cyclic N) is 1. The van der Waals surface area contributed by atoms with Crippen LogP contribution in [-0.2, 0) is 4.74 Å². The first-order valence-electron chi connectivity index (χ1n) is 7.98. The molecule has 1 aliphatic heterocycles. The minimum atomic E-state index is -0.623. The summed E-state index contributed by atoms with van der Waals surface area (Å²) in [5.74, 6) is 0.200. The first-order valence-corrected chi connectivity index (χ1v) is 7.98. The number of likely N-dealkylation sites (tertiary alicyclic amines) is 1.